The Labute approximate surface area is 213 Å². The van der Waals surface area contributed by atoms with Crippen molar-refractivity contribution in [3.05, 3.63) is 77.4 Å². The number of aryl methyl sites for hydroxylation is 2. The maximum Gasteiger partial charge on any atom is 0.251 e. The minimum atomic E-state index is -0.329. The molecule has 3 N–H and O–H groups in total. The zero-order chi connectivity index (χ0) is 23.7. The molecule has 1 aliphatic rings. The van der Waals surface area contributed by atoms with Crippen LogP contribution in [0.3, 0.4) is 0 Å². The molecule has 4 aromatic carbocycles. The first-order chi connectivity index (χ1) is 16.6. The average molecular weight is 488 g/mol. The summed E-state index contributed by atoms with van der Waals surface area (Å²) in [5.74, 6) is -0.329. The molecule has 182 valence electrons. The summed E-state index contributed by atoms with van der Waals surface area (Å²) in [6.45, 7) is 7.84. The summed E-state index contributed by atoms with van der Waals surface area (Å²) < 4.78 is 0. The molecule has 1 fully saturated rings. The molecule has 1 amide bonds. The first kappa shape index (κ1) is 25.0. The summed E-state index contributed by atoms with van der Waals surface area (Å²) in [6.07, 6.45) is 2.93. The number of unbranched alkanes of at least 4 members (excludes halogenated alkanes) is 1. The quantitative estimate of drug-likeness (QED) is 0.316. The van der Waals surface area contributed by atoms with E-state index in [0.717, 1.165) is 67.6 Å². The number of nitrogens with zero attached hydrogens (tertiary/aromatic N) is 1. The average Bonchev–Trinajstić information content (AvgIpc) is 2.86. The summed E-state index contributed by atoms with van der Waals surface area (Å²) in [4.78, 5) is 15.6. The van der Waals surface area contributed by atoms with Gasteiger partial charge in [0.25, 0.3) is 5.91 Å². The van der Waals surface area contributed by atoms with Gasteiger partial charge in [-0.3, -0.25) is 4.79 Å². The van der Waals surface area contributed by atoms with Gasteiger partial charge < -0.3 is 16.0 Å². The van der Waals surface area contributed by atoms with Gasteiger partial charge in [-0.15, -0.1) is 12.4 Å². The van der Waals surface area contributed by atoms with E-state index in [-0.39, 0.29) is 18.3 Å². The van der Waals surface area contributed by atoms with Crippen LogP contribution in [0.25, 0.3) is 32.7 Å². The summed E-state index contributed by atoms with van der Waals surface area (Å²) in [5.41, 5.74) is 12.5. The molecule has 1 saturated heterocycles. The zero-order valence-corrected chi connectivity index (χ0v) is 21.4. The maximum atomic E-state index is 13.2. The van der Waals surface area contributed by atoms with Crippen LogP contribution >= 0.6 is 12.4 Å². The topological polar surface area (TPSA) is 58.4 Å². The largest absolute Gasteiger partial charge is 0.368 e. The molecule has 5 heteroatoms. The highest BCUT2D eigenvalue weighted by Crippen LogP contribution is 2.45. The first-order valence-corrected chi connectivity index (χ1v) is 12.4. The number of fused-ring (bicyclic) bond motifs is 2. The predicted octanol–water partition coefficient (Wildman–Crippen LogP) is 6.24. The summed E-state index contributed by atoms with van der Waals surface area (Å²) in [6, 6.07) is 21.6. The van der Waals surface area contributed by atoms with E-state index in [1.165, 1.54) is 27.3 Å². The van der Waals surface area contributed by atoms with Crippen molar-refractivity contribution in [3.8, 4) is 11.1 Å². The van der Waals surface area contributed by atoms with Crippen LogP contribution in [-0.2, 0) is 6.42 Å². The Bertz CT molecular complexity index is 1380. The van der Waals surface area contributed by atoms with E-state index >= 15 is 0 Å². The van der Waals surface area contributed by atoms with Gasteiger partial charge in [-0.1, -0.05) is 61.9 Å². The fourth-order valence-corrected chi connectivity index (χ4v) is 5.44. The van der Waals surface area contributed by atoms with E-state index in [4.69, 9.17) is 5.73 Å². The van der Waals surface area contributed by atoms with Crippen LogP contribution < -0.4 is 16.0 Å². The summed E-state index contributed by atoms with van der Waals surface area (Å²) in [5, 5.41) is 8.21. The second-order valence-electron chi connectivity index (χ2n) is 9.34. The van der Waals surface area contributed by atoms with Crippen LogP contribution in [0.4, 0.5) is 5.69 Å². The molecule has 35 heavy (non-hydrogen) atoms. The molecule has 0 spiro atoms. The summed E-state index contributed by atoms with van der Waals surface area (Å²) >= 11 is 0. The van der Waals surface area contributed by atoms with Gasteiger partial charge in [-0.25, -0.2) is 0 Å². The van der Waals surface area contributed by atoms with Crippen LogP contribution in [0.1, 0.15) is 41.3 Å². The monoisotopic (exact) mass is 487 g/mol. The lowest BCUT2D eigenvalue weighted by molar-refractivity contribution is 0.1000. The number of halogens is 1. The number of anilines is 1. The Balaban J connectivity index is 0.00000289. The Hall–Kier alpha value is -3.08. The van der Waals surface area contributed by atoms with Crippen LogP contribution in [0.2, 0.25) is 0 Å². The third kappa shape index (κ3) is 4.61. The molecule has 1 heterocycles. The van der Waals surface area contributed by atoms with Crippen molar-refractivity contribution in [3.63, 3.8) is 0 Å². The molecule has 5 rings (SSSR count). The number of hydrogen-bond donors (Lipinski definition) is 2. The molecule has 1 aliphatic heterocycles. The number of nitrogens with two attached hydrogens (primary N) is 1. The number of piperazine rings is 1. The van der Waals surface area contributed by atoms with Gasteiger partial charge in [0, 0.05) is 31.7 Å². The van der Waals surface area contributed by atoms with Crippen LogP contribution in [0, 0.1) is 6.92 Å². The molecule has 0 bridgehead atoms. The van der Waals surface area contributed by atoms with Gasteiger partial charge in [0.1, 0.15) is 0 Å². The number of benzene rings is 4. The SMILES string of the molecule is CCCCc1c(C(N)=O)c(N2CCNCC2)c(-c2ccccc2C)c2cc3ccccc3cc12.Cl. The predicted molar refractivity (Wildman–Crippen MR) is 151 cm³/mol. The van der Waals surface area contributed by atoms with Crippen molar-refractivity contribution in [2.75, 3.05) is 31.1 Å². The second kappa shape index (κ2) is 10.7. The Morgan fingerprint density at radius 1 is 0.971 bits per heavy atom. The van der Waals surface area contributed by atoms with Gasteiger partial charge in [0.2, 0.25) is 0 Å². The fraction of sp³-hybridized carbons (Fsp3) is 0.300. The van der Waals surface area contributed by atoms with Crippen molar-refractivity contribution in [1.82, 2.24) is 5.32 Å². The summed E-state index contributed by atoms with van der Waals surface area (Å²) in [7, 11) is 0. The van der Waals surface area contributed by atoms with Gasteiger partial charge in [-0.2, -0.15) is 0 Å². The number of primary amides is 1. The van der Waals surface area contributed by atoms with E-state index in [9.17, 15) is 4.79 Å². The van der Waals surface area contributed by atoms with Crippen molar-refractivity contribution in [2.45, 2.75) is 33.1 Å². The van der Waals surface area contributed by atoms with Crippen molar-refractivity contribution < 1.29 is 4.79 Å². The lowest BCUT2D eigenvalue weighted by atomic mass is 9.84. The molecular weight excluding hydrogens is 454 g/mol. The van der Waals surface area contributed by atoms with Crippen LogP contribution in [0.5, 0.6) is 0 Å². The highest BCUT2D eigenvalue weighted by molar-refractivity contribution is 6.17. The molecule has 0 unspecified atom stereocenters. The number of carbonyl (C=O) groups is 1. The van der Waals surface area contributed by atoms with Gasteiger partial charge in [0.05, 0.1) is 11.3 Å². The first-order valence-electron chi connectivity index (χ1n) is 12.4. The molecule has 4 nitrogen and oxygen atoms in total. The molecule has 4 aromatic rings. The second-order valence-corrected chi connectivity index (χ2v) is 9.34. The van der Waals surface area contributed by atoms with E-state index in [1.807, 2.05) is 0 Å². The lowest BCUT2D eigenvalue weighted by Gasteiger charge is -2.34. The van der Waals surface area contributed by atoms with Crippen LogP contribution in [0.15, 0.2) is 60.7 Å². The Kier molecular flexibility index (Phi) is 7.63. The highest BCUT2D eigenvalue weighted by atomic mass is 35.5. The van der Waals surface area contributed by atoms with Gasteiger partial charge >= 0.3 is 0 Å². The number of hydrogen-bond acceptors (Lipinski definition) is 3. The molecule has 0 atom stereocenters. The van der Waals surface area contributed by atoms with E-state index in [2.05, 4.69) is 84.7 Å². The molecular formula is C30H34ClN3O. The highest BCUT2D eigenvalue weighted by Gasteiger charge is 2.28. The Morgan fingerprint density at radius 2 is 1.60 bits per heavy atom. The minimum Gasteiger partial charge on any atom is -0.368 e. The molecule has 0 aliphatic carbocycles. The zero-order valence-electron chi connectivity index (χ0n) is 20.6. The Morgan fingerprint density at radius 3 is 2.23 bits per heavy atom. The van der Waals surface area contributed by atoms with Crippen molar-refractivity contribution >= 4 is 45.5 Å². The minimum absolute atomic E-state index is 0. The number of rotatable bonds is 6. The number of amides is 1. The van der Waals surface area contributed by atoms with E-state index < -0.39 is 0 Å². The standard InChI is InChI=1S/C30H33N3O.ClH/c1-3-4-12-24-25-18-21-10-6-7-11-22(21)19-26(25)27(23-13-8-5-9-20(23)2)29(28(24)30(31)34)33-16-14-32-15-17-33;/h5-11,13,18-19,32H,3-4,12,14-17H2,1-2H3,(H2,31,34);1H. The van der Waals surface area contributed by atoms with E-state index in [1.54, 1.807) is 0 Å². The molecule has 0 radical (unpaired) electrons. The molecule has 0 aromatic heterocycles. The maximum absolute atomic E-state index is 13.2. The van der Waals surface area contributed by atoms with Gasteiger partial charge in [0.15, 0.2) is 0 Å². The lowest BCUT2D eigenvalue weighted by Crippen LogP contribution is -2.44. The normalized spacial score (nSPS) is 13.7. The smallest absolute Gasteiger partial charge is 0.251 e. The van der Waals surface area contributed by atoms with Gasteiger partial charge in [-0.05, 0) is 70.1 Å². The van der Waals surface area contributed by atoms with Crippen molar-refractivity contribution in [2.24, 2.45) is 5.73 Å². The van der Waals surface area contributed by atoms with Crippen molar-refractivity contribution in [1.29, 1.82) is 0 Å². The fourth-order valence-electron chi connectivity index (χ4n) is 5.44. The van der Waals surface area contributed by atoms with Crippen LogP contribution in [-0.4, -0.2) is 32.1 Å². The number of carbonyl (C=O) groups excluding carboxylic acids is 1. The number of nitrogens with one attached hydrogen (secondary N) is 1. The molecule has 0 saturated carbocycles. The third-order valence-electron chi connectivity index (χ3n) is 7.13. The third-order valence-corrected chi connectivity index (χ3v) is 7.13. The van der Waals surface area contributed by atoms with E-state index in [0.29, 0.717) is 5.56 Å².